The number of nitrogens with two attached hydrogens (primary N) is 1. The Bertz CT molecular complexity index is 1330. The number of nitrogen functional groups attached to an aromatic ring is 1. The average molecular weight is 454 g/mol. The number of aryl methyl sites for hydroxylation is 2. The zero-order valence-electron chi connectivity index (χ0n) is 17.8. The molecule has 1 atom stereocenters. The molecule has 5 rings (SSSR count). The number of aromatic nitrogens is 4. The van der Waals surface area contributed by atoms with Crippen LogP contribution in [-0.4, -0.2) is 19.7 Å². The zero-order chi connectivity index (χ0) is 22.6. The first-order valence-corrected chi connectivity index (χ1v) is 11.0. The third-order valence-corrected chi connectivity index (χ3v) is 6.54. The number of halogens is 2. The number of fused-ring (bicyclic) bond motifs is 7. The summed E-state index contributed by atoms with van der Waals surface area (Å²) in [6.07, 6.45) is 3.03. The van der Waals surface area contributed by atoms with E-state index in [0.717, 1.165) is 32.3 Å². The Labute approximate surface area is 187 Å². The van der Waals surface area contributed by atoms with Crippen LogP contribution in [0, 0.1) is 13.8 Å². The maximum absolute atomic E-state index is 13.8. The first-order chi connectivity index (χ1) is 15.3. The van der Waals surface area contributed by atoms with E-state index in [-0.39, 0.29) is 11.9 Å². The van der Waals surface area contributed by atoms with Gasteiger partial charge in [0.15, 0.2) is 11.6 Å². The first kappa shape index (κ1) is 20.6. The summed E-state index contributed by atoms with van der Waals surface area (Å²) in [5.41, 5.74) is 11.4. The van der Waals surface area contributed by atoms with Crippen LogP contribution in [0.3, 0.4) is 0 Å². The molecule has 6 nitrogen and oxygen atoms in total. The molecule has 2 N–H and O–H groups in total. The zero-order valence-corrected chi connectivity index (χ0v) is 18.6. The molecule has 0 radical (unpaired) electrons. The van der Waals surface area contributed by atoms with Crippen molar-refractivity contribution in [1.82, 2.24) is 19.7 Å². The van der Waals surface area contributed by atoms with Crippen molar-refractivity contribution in [3.8, 4) is 28.3 Å². The van der Waals surface area contributed by atoms with Crippen molar-refractivity contribution >= 4 is 17.2 Å². The minimum Gasteiger partial charge on any atom is -0.482 e. The number of hydrogen-bond donors (Lipinski definition) is 1. The number of nitrogens with zero attached hydrogens (tertiary/aromatic N) is 4. The van der Waals surface area contributed by atoms with Crippen molar-refractivity contribution in [2.24, 2.45) is 0 Å². The fourth-order valence-electron chi connectivity index (χ4n) is 4.13. The SMILES string of the molecule is Cc1ccc2c(c1)[C@@H](C)Oc1cc(cnc1N)-c1c(cnn1C(F)F)Cc1sc(C)nc1-2. The van der Waals surface area contributed by atoms with Crippen molar-refractivity contribution in [3.63, 3.8) is 0 Å². The van der Waals surface area contributed by atoms with E-state index in [1.807, 2.05) is 32.9 Å². The molecular weight excluding hydrogens is 432 g/mol. The smallest absolute Gasteiger partial charge is 0.333 e. The number of pyridine rings is 1. The molecule has 0 saturated carbocycles. The Morgan fingerprint density at radius 1 is 1.22 bits per heavy atom. The summed E-state index contributed by atoms with van der Waals surface area (Å²) < 4.78 is 34.5. The highest BCUT2D eigenvalue weighted by Crippen LogP contribution is 2.40. The van der Waals surface area contributed by atoms with Crippen molar-refractivity contribution in [1.29, 1.82) is 0 Å². The normalized spacial score (nSPS) is 15.2. The van der Waals surface area contributed by atoms with Crippen LogP contribution in [0.25, 0.3) is 22.5 Å². The Morgan fingerprint density at radius 3 is 2.81 bits per heavy atom. The molecule has 0 unspecified atom stereocenters. The quantitative estimate of drug-likeness (QED) is 0.400. The molecule has 0 spiro atoms. The van der Waals surface area contributed by atoms with Gasteiger partial charge in [-0.25, -0.2) is 14.6 Å². The summed E-state index contributed by atoms with van der Waals surface area (Å²) in [6, 6.07) is 7.81. The van der Waals surface area contributed by atoms with Gasteiger partial charge in [-0.15, -0.1) is 11.3 Å². The van der Waals surface area contributed by atoms with E-state index in [2.05, 4.69) is 16.1 Å². The van der Waals surface area contributed by atoms with Crippen molar-refractivity contribution in [2.45, 2.75) is 39.8 Å². The molecule has 0 fully saturated rings. The molecule has 4 aromatic rings. The predicted octanol–water partition coefficient (Wildman–Crippen LogP) is 5.71. The highest BCUT2D eigenvalue weighted by Gasteiger charge is 2.26. The van der Waals surface area contributed by atoms with Crippen LogP contribution in [-0.2, 0) is 6.42 Å². The van der Waals surface area contributed by atoms with Gasteiger partial charge in [-0.1, -0.05) is 23.8 Å². The molecule has 0 amide bonds. The third kappa shape index (κ3) is 3.42. The second-order valence-electron chi connectivity index (χ2n) is 7.88. The Morgan fingerprint density at radius 2 is 2.03 bits per heavy atom. The van der Waals surface area contributed by atoms with E-state index >= 15 is 0 Å². The minimum absolute atomic E-state index is 0.196. The molecular formula is C23H21F2N5OS. The molecule has 1 aromatic carbocycles. The second kappa shape index (κ2) is 7.67. The van der Waals surface area contributed by atoms with Gasteiger partial charge in [0, 0.05) is 39.7 Å². The lowest BCUT2D eigenvalue weighted by atomic mass is 9.95. The van der Waals surface area contributed by atoms with E-state index in [1.165, 1.54) is 12.4 Å². The Hall–Kier alpha value is -3.33. The van der Waals surface area contributed by atoms with E-state index in [0.29, 0.717) is 33.7 Å². The molecule has 1 aliphatic rings. The third-order valence-electron chi connectivity index (χ3n) is 5.57. The predicted molar refractivity (Wildman–Crippen MR) is 120 cm³/mol. The van der Waals surface area contributed by atoms with Gasteiger partial charge in [0.1, 0.15) is 6.10 Å². The molecule has 1 aliphatic heterocycles. The number of ether oxygens (including phenoxy) is 1. The van der Waals surface area contributed by atoms with E-state index in [4.69, 9.17) is 15.5 Å². The lowest BCUT2D eigenvalue weighted by Gasteiger charge is -2.21. The van der Waals surface area contributed by atoms with Gasteiger partial charge in [0.25, 0.3) is 0 Å². The number of benzene rings is 1. The first-order valence-electron chi connectivity index (χ1n) is 10.2. The summed E-state index contributed by atoms with van der Waals surface area (Å²) in [7, 11) is 0. The Kier molecular flexibility index (Phi) is 4.93. The molecule has 0 saturated heterocycles. The average Bonchev–Trinajstić information content (AvgIpc) is 3.32. The van der Waals surface area contributed by atoms with Gasteiger partial charge in [0.2, 0.25) is 0 Å². The van der Waals surface area contributed by atoms with E-state index in [9.17, 15) is 8.78 Å². The van der Waals surface area contributed by atoms with Crippen LogP contribution in [0.2, 0.25) is 0 Å². The number of thiazole rings is 1. The molecule has 3 aromatic heterocycles. The molecule has 2 bridgehead atoms. The van der Waals surface area contributed by atoms with Crippen LogP contribution in [0.4, 0.5) is 14.6 Å². The highest BCUT2D eigenvalue weighted by atomic mass is 32.1. The molecule has 32 heavy (non-hydrogen) atoms. The molecule has 164 valence electrons. The lowest BCUT2D eigenvalue weighted by Crippen LogP contribution is -2.10. The van der Waals surface area contributed by atoms with Crippen LogP contribution in [0.15, 0.2) is 36.7 Å². The molecule has 4 heterocycles. The van der Waals surface area contributed by atoms with Gasteiger partial charge in [0.05, 0.1) is 22.6 Å². The van der Waals surface area contributed by atoms with Gasteiger partial charge in [-0.2, -0.15) is 13.9 Å². The fraction of sp³-hybridized carbons (Fsp3) is 0.261. The van der Waals surface area contributed by atoms with Gasteiger partial charge >= 0.3 is 6.55 Å². The summed E-state index contributed by atoms with van der Waals surface area (Å²) in [4.78, 5) is 10.0. The van der Waals surface area contributed by atoms with Gasteiger partial charge in [-0.05, 0) is 26.8 Å². The van der Waals surface area contributed by atoms with Crippen molar-refractivity contribution in [3.05, 3.63) is 63.2 Å². The second-order valence-corrected chi connectivity index (χ2v) is 9.17. The fourth-order valence-corrected chi connectivity index (χ4v) is 5.11. The monoisotopic (exact) mass is 453 g/mol. The van der Waals surface area contributed by atoms with Crippen molar-refractivity contribution < 1.29 is 13.5 Å². The summed E-state index contributed by atoms with van der Waals surface area (Å²) in [6.45, 7) is 3.11. The number of rotatable bonds is 1. The molecule has 9 heteroatoms. The summed E-state index contributed by atoms with van der Waals surface area (Å²) in [5, 5.41) is 4.87. The number of hydrogen-bond acceptors (Lipinski definition) is 6. The Balaban J connectivity index is 1.81. The highest BCUT2D eigenvalue weighted by molar-refractivity contribution is 7.12. The maximum atomic E-state index is 13.8. The van der Waals surface area contributed by atoms with Gasteiger partial charge in [-0.3, -0.25) is 0 Å². The van der Waals surface area contributed by atoms with Gasteiger partial charge < -0.3 is 10.5 Å². The number of anilines is 1. The summed E-state index contributed by atoms with van der Waals surface area (Å²) >= 11 is 1.56. The van der Waals surface area contributed by atoms with Crippen LogP contribution < -0.4 is 10.5 Å². The van der Waals surface area contributed by atoms with Crippen molar-refractivity contribution in [2.75, 3.05) is 5.73 Å². The van der Waals surface area contributed by atoms with Crippen LogP contribution in [0.1, 0.15) is 46.2 Å². The number of alkyl halides is 2. The van der Waals surface area contributed by atoms with Crippen LogP contribution >= 0.6 is 11.3 Å². The molecule has 0 aliphatic carbocycles. The maximum Gasteiger partial charge on any atom is 0.333 e. The van der Waals surface area contributed by atoms with E-state index < -0.39 is 6.55 Å². The van der Waals surface area contributed by atoms with E-state index in [1.54, 1.807) is 17.4 Å². The topological polar surface area (TPSA) is 78.9 Å². The lowest BCUT2D eigenvalue weighted by molar-refractivity contribution is 0.0584. The standard InChI is InChI=1S/C23H21F2N5OS/c1-11-4-5-16-17(6-11)12(2)31-18-7-14(9-27-22(18)26)21-15(10-28-30(21)23(24)25)8-19-20(16)29-13(3)32-19/h4-7,9-10,12,23H,8H2,1-3H3,(H2,26,27)/t12-/m1/s1. The summed E-state index contributed by atoms with van der Waals surface area (Å²) in [5.74, 6) is 0.535. The minimum atomic E-state index is -2.79. The van der Waals surface area contributed by atoms with Crippen LogP contribution in [0.5, 0.6) is 5.75 Å². The largest absolute Gasteiger partial charge is 0.482 e.